The van der Waals surface area contributed by atoms with Crippen LogP contribution in [0.1, 0.15) is 33.5 Å². The molecule has 2 aromatic heterocycles. The molecule has 0 bridgehead atoms. The summed E-state index contributed by atoms with van der Waals surface area (Å²) in [6.45, 7) is 2.12. The Labute approximate surface area is 173 Å². The van der Waals surface area contributed by atoms with E-state index in [1.807, 2.05) is 23.2 Å². The molecule has 154 valence electrons. The topological polar surface area (TPSA) is 102 Å². The highest BCUT2D eigenvalue weighted by Gasteiger charge is 2.26. The molecular weight excluding hydrogens is 382 g/mol. The highest BCUT2D eigenvalue weighted by Crippen LogP contribution is 2.25. The lowest BCUT2D eigenvalue weighted by Gasteiger charge is -2.29. The number of hydrogen-bond acceptors (Lipinski definition) is 5. The molecule has 4 heterocycles. The number of fused-ring (bicyclic) bond motifs is 3. The van der Waals surface area contributed by atoms with E-state index >= 15 is 0 Å². The molecule has 2 aliphatic heterocycles. The average Bonchev–Trinajstić information content (AvgIpc) is 3.42. The summed E-state index contributed by atoms with van der Waals surface area (Å²) in [4.78, 5) is 33.5. The zero-order valence-electron chi connectivity index (χ0n) is 16.5. The van der Waals surface area contributed by atoms with Gasteiger partial charge >= 0.3 is 0 Å². The third kappa shape index (κ3) is 3.43. The first kappa shape index (κ1) is 18.7. The number of rotatable bonds is 3. The first-order valence-corrected chi connectivity index (χ1v) is 10.2. The van der Waals surface area contributed by atoms with Crippen molar-refractivity contribution in [2.45, 2.75) is 31.9 Å². The molecule has 30 heavy (non-hydrogen) atoms. The van der Waals surface area contributed by atoms with Crippen LogP contribution in [0.25, 0.3) is 11.0 Å². The second-order valence-electron chi connectivity index (χ2n) is 8.03. The summed E-state index contributed by atoms with van der Waals surface area (Å²) < 4.78 is 0. The number of aromatic nitrogens is 3. The van der Waals surface area contributed by atoms with Gasteiger partial charge in [-0.15, -0.1) is 0 Å². The molecule has 0 spiro atoms. The summed E-state index contributed by atoms with van der Waals surface area (Å²) in [7, 11) is 0. The monoisotopic (exact) mass is 405 g/mol. The quantitative estimate of drug-likeness (QED) is 0.684. The SMILES string of the molecule is O=C(Cc1cccc(C(=O)N2CCC(O)C2)c1)N1CCc2c(cnc3[nH]ncc23)C1. The lowest BCUT2D eigenvalue weighted by molar-refractivity contribution is -0.131. The van der Waals surface area contributed by atoms with Gasteiger partial charge in [-0.1, -0.05) is 12.1 Å². The van der Waals surface area contributed by atoms with Crippen LogP contribution in [0.4, 0.5) is 0 Å². The van der Waals surface area contributed by atoms with Crippen LogP contribution in [0.15, 0.2) is 36.7 Å². The Kier molecular flexibility index (Phi) is 4.71. The van der Waals surface area contributed by atoms with Gasteiger partial charge in [-0.3, -0.25) is 14.7 Å². The van der Waals surface area contributed by atoms with Gasteiger partial charge in [0.2, 0.25) is 5.91 Å². The van der Waals surface area contributed by atoms with Crippen LogP contribution in [0, 0.1) is 0 Å². The number of hydrogen-bond donors (Lipinski definition) is 2. The summed E-state index contributed by atoms with van der Waals surface area (Å²) in [6, 6.07) is 7.24. The Morgan fingerprint density at radius 1 is 1.20 bits per heavy atom. The van der Waals surface area contributed by atoms with E-state index in [2.05, 4.69) is 15.2 Å². The van der Waals surface area contributed by atoms with Gasteiger partial charge in [0, 0.05) is 43.3 Å². The maximum atomic E-state index is 12.9. The number of aliphatic hydroxyl groups is 1. The van der Waals surface area contributed by atoms with Crippen molar-refractivity contribution < 1.29 is 14.7 Å². The van der Waals surface area contributed by atoms with E-state index in [0.29, 0.717) is 38.2 Å². The van der Waals surface area contributed by atoms with Crippen molar-refractivity contribution in [3.63, 3.8) is 0 Å². The Hall–Kier alpha value is -3.26. The van der Waals surface area contributed by atoms with Crippen molar-refractivity contribution in [3.05, 3.63) is 58.9 Å². The normalized spacial score (nSPS) is 18.6. The first-order valence-electron chi connectivity index (χ1n) is 10.2. The zero-order chi connectivity index (χ0) is 20.7. The number of H-pyrrole nitrogens is 1. The molecule has 0 radical (unpaired) electrons. The predicted octanol–water partition coefficient (Wildman–Crippen LogP) is 1.29. The van der Waals surface area contributed by atoms with Gasteiger partial charge in [-0.05, 0) is 41.7 Å². The zero-order valence-corrected chi connectivity index (χ0v) is 16.5. The number of amides is 2. The number of pyridine rings is 1. The van der Waals surface area contributed by atoms with Crippen LogP contribution in [0.5, 0.6) is 0 Å². The van der Waals surface area contributed by atoms with E-state index in [1.54, 1.807) is 23.2 Å². The van der Waals surface area contributed by atoms with Gasteiger partial charge < -0.3 is 14.9 Å². The maximum Gasteiger partial charge on any atom is 0.253 e. The smallest absolute Gasteiger partial charge is 0.253 e. The van der Waals surface area contributed by atoms with E-state index in [1.165, 1.54) is 5.56 Å². The Morgan fingerprint density at radius 2 is 2.10 bits per heavy atom. The molecule has 3 aromatic rings. The predicted molar refractivity (Wildman–Crippen MR) is 110 cm³/mol. The van der Waals surface area contributed by atoms with Crippen LogP contribution in [-0.2, 0) is 24.2 Å². The molecule has 1 atom stereocenters. The lowest BCUT2D eigenvalue weighted by Crippen LogP contribution is -2.37. The Morgan fingerprint density at radius 3 is 2.93 bits per heavy atom. The van der Waals surface area contributed by atoms with Crippen molar-refractivity contribution >= 4 is 22.8 Å². The summed E-state index contributed by atoms with van der Waals surface area (Å²) in [5.41, 5.74) is 4.42. The summed E-state index contributed by atoms with van der Waals surface area (Å²) in [6.07, 6.45) is 4.80. The number of likely N-dealkylation sites (tertiary alicyclic amines) is 1. The van der Waals surface area contributed by atoms with E-state index < -0.39 is 6.10 Å². The van der Waals surface area contributed by atoms with Crippen molar-refractivity contribution in [1.29, 1.82) is 0 Å². The summed E-state index contributed by atoms with van der Waals surface area (Å²) >= 11 is 0. The van der Waals surface area contributed by atoms with Crippen LogP contribution in [0.2, 0.25) is 0 Å². The van der Waals surface area contributed by atoms with Crippen LogP contribution in [-0.4, -0.2) is 67.6 Å². The van der Waals surface area contributed by atoms with E-state index in [0.717, 1.165) is 28.6 Å². The number of aromatic amines is 1. The highest BCUT2D eigenvalue weighted by molar-refractivity contribution is 5.95. The molecular formula is C22H23N5O3. The molecule has 1 unspecified atom stereocenters. The fraction of sp³-hybridized carbons (Fsp3) is 0.364. The van der Waals surface area contributed by atoms with Crippen LogP contribution in [0.3, 0.4) is 0 Å². The third-order valence-corrected chi connectivity index (χ3v) is 6.01. The number of carbonyl (C=O) groups is 2. The Bertz CT molecular complexity index is 1120. The molecule has 2 N–H and O–H groups in total. The van der Waals surface area contributed by atoms with Gasteiger partial charge in [-0.25, -0.2) is 4.98 Å². The number of benzene rings is 1. The molecule has 8 nitrogen and oxygen atoms in total. The molecule has 0 saturated carbocycles. The first-order chi connectivity index (χ1) is 14.6. The number of nitrogens with zero attached hydrogens (tertiary/aromatic N) is 4. The Balaban J connectivity index is 1.28. The molecule has 2 amide bonds. The van der Waals surface area contributed by atoms with Gasteiger partial charge in [0.1, 0.15) is 0 Å². The molecule has 8 heteroatoms. The molecule has 0 aliphatic carbocycles. The number of β-amino-alcohol motifs (C(OH)–C–C–N with tert-alkyl or cyclic N) is 1. The molecule has 1 aromatic carbocycles. The number of aliphatic hydroxyl groups excluding tert-OH is 1. The van der Waals surface area contributed by atoms with E-state index in [4.69, 9.17) is 0 Å². The minimum atomic E-state index is -0.446. The lowest BCUT2D eigenvalue weighted by atomic mass is 9.98. The van der Waals surface area contributed by atoms with Crippen LogP contribution >= 0.6 is 0 Å². The fourth-order valence-corrected chi connectivity index (χ4v) is 4.38. The third-order valence-electron chi connectivity index (χ3n) is 6.01. The largest absolute Gasteiger partial charge is 0.391 e. The second kappa shape index (κ2) is 7.53. The van der Waals surface area contributed by atoms with Crippen LogP contribution < -0.4 is 0 Å². The van der Waals surface area contributed by atoms with Gasteiger partial charge in [-0.2, -0.15) is 5.10 Å². The fourth-order valence-electron chi connectivity index (χ4n) is 4.38. The second-order valence-corrected chi connectivity index (χ2v) is 8.03. The maximum absolute atomic E-state index is 12.9. The molecule has 5 rings (SSSR count). The minimum Gasteiger partial charge on any atom is -0.391 e. The summed E-state index contributed by atoms with van der Waals surface area (Å²) in [5.74, 6) is -0.0583. The van der Waals surface area contributed by atoms with Crippen molar-refractivity contribution in [1.82, 2.24) is 25.0 Å². The number of nitrogens with one attached hydrogen (secondary N) is 1. The van der Waals surface area contributed by atoms with E-state index in [9.17, 15) is 14.7 Å². The van der Waals surface area contributed by atoms with Crippen molar-refractivity contribution in [3.8, 4) is 0 Å². The van der Waals surface area contributed by atoms with Gasteiger partial charge in [0.25, 0.3) is 5.91 Å². The number of carbonyl (C=O) groups excluding carboxylic acids is 2. The highest BCUT2D eigenvalue weighted by atomic mass is 16.3. The standard InChI is InChI=1S/C22H23N5O3/c28-17-4-6-27(13-17)22(30)15-3-1-2-14(8-15)9-20(29)26-7-5-18-16(12-26)10-23-21-19(18)11-24-25-21/h1-3,8,10-11,17,28H,4-7,9,12-13H2,(H,23,24,25). The minimum absolute atomic E-state index is 0.0362. The van der Waals surface area contributed by atoms with Crippen molar-refractivity contribution in [2.75, 3.05) is 19.6 Å². The van der Waals surface area contributed by atoms with Gasteiger partial charge in [0.05, 0.1) is 18.7 Å². The molecule has 2 aliphatic rings. The van der Waals surface area contributed by atoms with Gasteiger partial charge in [0.15, 0.2) is 5.65 Å². The van der Waals surface area contributed by atoms with Crippen molar-refractivity contribution in [2.24, 2.45) is 0 Å². The molecule has 1 saturated heterocycles. The molecule has 1 fully saturated rings. The van der Waals surface area contributed by atoms with E-state index in [-0.39, 0.29) is 18.2 Å². The average molecular weight is 405 g/mol. The summed E-state index contributed by atoms with van der Waals surface area (Å²) in [5, 5.41) is 17.6.